The molecule has 5 N–H and O–H groups in total. The average Bonchev–Trinajstić information content (AvgIpc) is 1.87. The monoisotopic (exact) mass is 179 g/mol. The molecule has 0 aromatic rings. The van der Waals surface area contributed by atoms with Crippen molar-refractivity contribution in [2.45, 2.75) is 6.04 Å². The minimum atomic E-state index is -1.10. The lowest BCUT2D eigenvalue weighted by atomic mass is 10.4. The van der Waals surface area contributed by atoms with Gasteiger partial charge in [-0.3, -0.25) is 10.2 Å². The fourth-order valence-corrected chi connectivity index (χ4v) is 0.591. The van der Waals surface area contributed by atoms with Crippen molar-refractivity contribution >= 4 is 24.6 Å². The van der Waals surface area contributed by atoms with Crippen LogP contribution in [-0.4, -0.2) is 28.9 Å². The molecule has 0 aromatic carbocycles. The Morgan fingerprint density at radius 2 is 2.18 bits per heavy atom. The molecule has 0 fully saturated rings. The molecule has 0 bridgehead atoms. The standard InChI is InChI=1S/C4H9N3O3S/c5-4(10)7-6-2(1-11)3(8)9/h2,6,11H,1H2,(H,8,9)(H3,5,7,10)/t2-/m0/s1. The van der Waals surface area contributed by atoms with E-state index in [1.807, 2.05) is 5.43 Å². The molecule has 0 aliphatic rings. The largest absolute Gasteiger partial charge is 0.480 e. The van der Waals surface area contributed by atoms with E-state index in [0.717, 1.165) is 0 Å². The number of hydrogen-bond acceptors (Lipinski definition) is 4. The third-order valence-electron chi connectivity index (χ3n) is 0.850. The number of urea groups is 1. The summed E-state index contributed by atoms with van der Waals surface area (Å²) in [6.07, 6.45) is 0. The summed E-state index contributed by atoms with van der Waals surface area (Å²) in [4.78, 5) is 20.3. The van der Waals surface area contributed by atoms with E-state index < -0.39 is 18.0 Å². The van der Waals surface area contributed by atoms with Crippen LogP contribution in [0.1, 0.15) is 0 Å². The number of rotatable bonds is 4. The number of primary amides is 1. The molecule has 0 saturated heterocycles. The van der Waals surface area contributed by atoms with Crippen LogP contribution in [0.4, 0.5) is 4.79 Å². The van der Waals surface area contributed by atoms with E-state index in [-0.39, 0.29) is 5.75 Å². The zero-order valence-corrected chi connectivity index (χ0v) is 6.47. The fraction of sp³-hybridized carbons (Fsp3) is 0.500. The van der Waals surface area contributed by atoms with E-state index in [4.69, 9.17) is 5.11 Å². The lowest BCUT2D eigenvalue weighted by molar-refractivity contribution is -0.139. The molecule has 0 radical (unpaired) electrons. The molecular formula is C4H9N3O3S. The van der Waals surface area contributed by atoms with Crippen LogP contribution in [0.3, 0.4) is 0 Å². The van der Waals surface area contributed by atoms with Crippen LogP contribution in [0.2, 0.25) is 0 Å². The van der Waals surface area contributed by atoms with Crippen molar-refractivity contribution in [3.63, 3.8) is 0 Å². The first-order chi connectivity index (χ1) is 5.07. The molecule has 0 rings (SSSR count). The highest BCUT2D eigenvalue weighted by molar-refractivity contribution is 7.80. The van der Waals surface area contributed by atoms with Crippen LogP contribution < -0.4 is 16.6 Å². The van der Waals surface area contributed by atoms with Crippen molar-refractivity contribution in [3.05, 3.63) is 0 Å². The van der Waals surface area contributed by atoms with Crippen molar-refractivity contribution < 1.29 is 14.7 Å². The molecule has 2 amide bonds. The number of carboxylic acid groups (broad SMARTS) is 1. The first-order valence-corrected chi connectivity index (χ1v) is 3.35. The van der Waals surface area contributed by atoms with E-state index in [1.165, 1.54) is 0 Å². The normalized spacial score (nSPS) is 12.1. The number of amides is 2. The minimum absolute atomic E-state index is 0.0651. The van der Waals surface area contributed by atoms with E-state index in [1.54, 1.807) is 0 Å². The Morgan fingerprint density at radius 3 is 2.45 bits per heavy atom. The van der Waals surface area contributed by atoms with Gasteiger partial charge in [0.2, 0.25) is 0 Å². The van der Waals surface area contributed by atoms with Gasteiger partial charge in [0, 0.05) is 5.75 Å². The SMILES string of the molecule is NC(=O)NN[C@@H](CS)C(=O)O. The van der Waals surface area contributed by atoms with Gasteiger partial charge in [0.25, 0.3) is 0 Å². The average molecular weight is 179 g/mol. The first kappa shape index (κ1) is 10.0. The molecule has 0 saturated carbocycles. The zero-order chi connectivity index (χ0) is 8.85. The summed E-state index contributed by atoms with van der Waals surface area (Å²) < 4.78 is 0. The van der Waals surface area contributed by atoms with E-state index in [0.29, 0.717) is 0 Å². The maximum absolute atomic E-state index is 10.2. The van der Waals surface area contributed by atoms with Crippen LogP contribution in [0.5, 0.6) is 0 Å². The Hall–Kier alpha value is -0.950. The number of aliphatic carboxylic acids is 1. The maximum Gasteiger partial charge on any atom is 0.326 e. The van der Waals surface area contributed by atoms with Crippen LogP contribution in [0.25, 0.3) is 0 Å². The van der Waals surface area contributed by atoms with Crippen LogP contribution in [0, 0.1) is 0 Å². The molecular weight excluding hydrogens is 170 g/mol. The lowest BCUT2D eigenvalue weighted by Gasteiger charge is -2.10. The molecule has 1 atom stereocenters. The summed E-state index contributed by atoms with van der Waals surface area (Å²) in [5.74, 6) is -1.04. The Bertz CT molecular complexity index is 163. The number of nitrogens with two attached hydrogens (primary N) is 1. The molecule has 0 heterocycles. The Kier molecular flexibility index (Phi) is 4.39. The fourth-order valence-electron chi connectivity index (χ4n) is 0.344. The Balaban J connectivity index is 3.70. The highest BCUT2D eigenvalue weighted by atomic mass is 32.1. The number of carboxylic acids is 1. The zero-order valence-electron chi connectivity index (χ0n) is 5.57. The summed E-state index contributed by atoms with van der Waals surface area (Å²) in [6, 6.07) is -1.76. The van der Waals surface area contributed by atoms with Crippen molar-refractivity contribution in [3.8, 4) is 0 Å². The number of nitrogens with one attached hydrogen (secondary N) is 2. The molecule has 0 aliphatic carbocycles. The number of carbonyl (C=O) groups is 2. The van der Waals surface area contributed by atoms with Gasteiger partial charge in [0.05, 0.1) is 0 Å². The van der Waals surface area contributed by atoms with E-state index in [2.05, 4.69) is 23.8 Å². The summed E-state index contributed by atoms with van der Waals surface area (Å²) in [7, 11) is 0. The topological polar surface area (TPSA) is 104 Å². The quantitative estimate of drug-likeness (QED) is 0.269. The molecule has 64 valence electrons. The molecule has 6 nitrogen and oxygen atoms in total. The summed E-state index contributed by atoms with van der Waals surface area (Å²) in [5.41, 5.74) is 8.77. The second-order valence-electron chi connectivity index (χ2n) is 1.71. The predicted octanol–water partition coefficient (Wildman–Crippen LogP) is -1.46. The summed E-state index contributed by atoms with van der Waals surface area (Å²) >= 11 is 3.72. The van der Waals surface area contributed by atoms with Gasteiger partial charge in [-0.2, -0.15) is 12.6 Å². The first-order valence-electron chi connectivity index (χ1n) is 2.72. The second-order valence-corrected chi connectivity index (χ2v) is 2.07. The molecule has 0 spiro atoms. The molecule has 7 heteroatoms. The number of hydrogen-bond donors (Lipinski definition) is 5. The van der Waals surface area contributed by atoms with Crippen molar-refractivity contribution in [1.82, 2.24) is 10.9 Å². The van der Waals surface area contributed by atoms with Gasteiger partial charge < -0.3 is 10.8 Å². The number of thiol groups is 1. The highest BCUT2D eigenvalue weighted by Crippen LogP contribution is 1.84. The second kappa shape index (κ2) is 4.80. The Labute approximate surface area is 68.5 Å². The van der Waals surface area contributed by atoms with E-state index in [9.17, 15) is 9.59 Å². The van der Waals surface area contributed by atoms with Crippen LogP contribution in [-0.2, 0) is 4.79 Å². The smallest absolute Gasteiger partial charge is 0.326 e. The number of hydrazine groups is 1. The van der Waals surface area contributed by atoms with Gasteiger partial charge in [-0.15, -0.1) is 0 Å². The van der Waals surface area contributed by atoms with Crippen molar-refractivity contribution in [1.29, 1.82) is 0 Å². The minimum Gasteiger partial charge on any atom is -0.480 e. The van der Waals surface area contributed by atoms with Gasteiger partial charge in [-0.1, -0.05) is 0 Å². The van der Waals surface area contributed by atoms with Crippen LogP contribution >= 0.6 is 12.6 Å². The van der Waals surface area contributed by atoms with Gasteiger partial charge in [0.15, 0.2) is 0 Å². The van der Waals surface area contributed by atoms with Gasteiger partial charge in [-0.25, -0.2) is 10.2 Å². The molecule has 0 aromatic heterocycles. The summed E-state index contributed by atoms with van der Waals surface area (Å²) in [5, 5.41) is 8.38. The Morgan fingerprint density at radius 1 is 1.64 bits per heavy atom. The summed E-state index contributed by atoms with van der Waals surface area (Å²) in [6.45, 7) is 0. The highest BCUT2D eigenvalue weighted by Gasteiger charge is 2.14. The maximum atomic E-state index is 10.2. The molecule has 0 unspecified atom stereocenters. The van der Waals surface area contributed by atoms with Crippen molar-refractivity contribution in [2.75, 3.05) is 5.75 Å². The third-order valence-corrected chi connectivity index (χ3v) is 1.22. The number of carbonyl (C=O) groups excluding carboxylic acids is 1. The lowest BCUT2D eigenvalue weighted by Crippen LogP contribution is -2.50. The van der Waals surface area contributed by atoms with Crippen LogP contribution in [0.15, 0.2) is 0 Å². The van der Waals surface area contributed by atoms with Gasteiger partial charge >= 0.3 is 12.0 Å². The molecule has 11 heavy (non-hydrogen) atoms. The van der Waals surface area contributed by atoms with Crippen molar-refractivity contribution in [2.24, 2.45) is 5.73 Å². The van der Waals surface area contributed by atoms with Gasteiger partial charge in [-0.05, 0) is 0 Å². The molecule has 0 aliphatic heterocycles. The van der Waals surface area contributed by atoms with Gasteiger partial charge in [0.1, 0.15) is 6.04 Å². The predicted molar refractivity (Wildman–Crippen MR) is 41.1 cm³/mol. The third kappa shape index (κ3) is 4.45. The van der Waals surface area contributed by atoms with E-state index >= 15 is 0 Å².